The van der Waals surface area contributed by atoms with Crippen molar-refractivity contribution in [3.8, 4) is 0 Å². The fourth-order valence-electron chi connectivity index (χ4n) is 4.33. The van der Waals surface area contributed by atoms with Crippen LogP contribution in [0.2, 0.25) is 0 Å². The van der Waals surface area contributed by atoms with Crippen molar-refractivity contribution in [2.24, 2.45) is 5.92 Å². The fourth-order valence-corrected chi connectivity index (χ4v) is 5.91. The fraction of sp³-hybridized carbons (Fsp3) is 0.455. The predicted octanol–water partition coefficient (Wildman–Crippen LogP) is 3.88. The van der Waals surface area contributed by atoms with Gasteiger partial charge in [0.05, 0.1) is 4.90 Å². The monoisotopic (exact) mass is 420 g/mol. The standard InChI is InChI=1S/C22H28N2O2S.ClH/c1-18-5-4-8-22(15-18)27(25,26)24-13-9-19(10-14-24)16-23-12-11-20-6-2-3-7-21(20)17-23;/h2-8,15,19H,9-14,16-17H2,1H3;1H. The van der Waals surface area contributed by atoms with Crippen LogP contribution in [0.1, 0.15) is 29.5 Å². The first kappa shape index (κ1) is 21.3. The van der Waals surface area contributed by atoms with E-state index in [1.54, 1.807) is 16.4 Å². The number of piperidine rings is 1. The van der Waals surface area contributed by atoms with Crippen LogP contribution in [0.3, 0.4) is 0 Å². The van der Waals surface area contributed by atoms with Gasteiger partial charge in [-0.2, -0.15) is 4.31 Å². The third-order valence-corrected chi connectivity index (χ3v) is 7.82. The smallest absolute Gasteiger partial charge is 0.243 e. The molecule has 0 N–H and O–H groups in total. The number of fused-ring (bicyclic) bond motifs is 1. The zero-order chi connectivity index (χ0) is 18.9. The van der Waals surface area contributed by atoms with Crippen molar-refractivity contribution in [3.63, 3.8) is 0 Å². The molecule has 28 heavy (non-hydrogen) atoms. The van der Waals surface area contributed by atoms with Gasteiger partial charge >= 0.3 is 0 Å². The average molecular weight is 421 g/mol. The zero-order valence-corrected chi connectivity index (χ0v) is 18.0. The minimum atomic E-state index is -3.36. The quantitative estimate of drug-likeness (QED) is 0.753. The van der Waals surface area contributed by atoms with E-state index in [4.69, 9.17) is 0 Å². The molecule has 4 nitrogen and oxygen atoms in total. The predicted molar refractivity (Wildman–Crippen MR) is 115 cm³/mol. The molecule has 0 atom stereocenters. The van der Waals surface area contributed by atoms with E-state index in [2.05, 4.69) is 29.2 Å². The molecular formula is C22H29ClN2O2S. The van der Waals surface area contributed by atoms with Gasteiger partial charge in [0.2, 0.25) is 10.0 Å². The number of sulfonamides is 1. The van der Waals surface area contributed by atoms with Crippen LogP contribution in [0.5, 0.6) is 0 Å². The van der Waals surface area contributed by atoms with E-state index >= 15 is 0 Å². The van der Waals surface area contributed by atoms with Crippen molar-refractivity contribution in [2.75, 3.05) is 26.2 Å². The van der Waals surface area contributed by atoms with Gasteiger partial charge in [-0.05, 0) is 60.9 Å². The summed E-state index contributed by atoms with van der Waals surface area (Å²) in [6, 6.07) is 16.0. The van der Waals surface area contributed by atoms with Crippen LogP contribution in [0.15, 0.2) is 53.4 Å². The molecule has 2 aromatic carbocycles. The van der Waals surface area contributed by atoms with E-state index in [0.29, 0.717) is 23.9 Å². The van der Waals surface area contributed by atoms with Crippen molar-refractivity contribution in [2.45, 2.75) is 37.6 Å². The lowest BCUT2D eigenvalue weighted by atomic mass is 9.94. The molecular weight excluding hydrogens is 392 g/mol. The van der Waals surface area contributed by atoms with Crippen LogP contribution in [-0.4, -0.2) is 43.8 Å². The molecule has 0 radical (unpaired) electrons. The number of hydrogen-bond donors (Lipinski definition) is 0. The molecule has 6 heteroatoms. The van der Waals surface area contributed by atoms with Gasteiger partial charge in [-0.1, -0.05) is 36.4 Å². The SMILES string of the molecule is Cc1cccc(S(=O)(=O)N2CCC(CN3CCc4ccccc4C3)CC2)c1.Cl. The number of hydrogen-bond acceptors (Lipinski definition) is 3. The summed E-state index contributed by atoms with van der Waals surface area (Å²) in [6.07, 6.45) is 3.02. The molecule has 0 unspecified atom stereocenters. The Morgan fingerprint density at radius 1 is 0.964 bits per heavy atom. The highest BCUT2D eigenvalue weighted by Gasteiger charge is 2.30. The molecule has 152 valence electrons. The summed E-state index contributed by atoms with van der Waals surface area (Å²) in [4.78, 5) is 2.96. The van der Waals surface area contributed by atoms with Crippen LogP contribution in [0.4, 0.5) is 0 Å². The second kappa shape index (κ2) is 8.95. The number of benzene rings is 2. The van der Waals surface area contributed by atoms with Crippen molar-refractivity contribution in [1.29, 1.82) is 0 Å². The minimum absolute atomic E-state index is 0. The molecule has 1 saturated heterocycles. The third kappa shape index (κ3) is 4.60. The zero-order valence-electron chi connectivity index (χ0n) is 16.4. The summed E-state index contributed by atoms with van der Waals surface area (Å²) in [5, 5.41) is 0. The van der Waals surface area contributed by atoms with Gasteiger partial charge in [0, 0.05) is 32.7 Å². The summed E-state index contributed by atoms with van der Waals surface area (Å²) >= 11 is 0. The molecule has 0 spiro atoms. The lowest BCUT2D eigenvalue weighted by Gasteiger charge is -2.36. The second-order valence-corrected chi connectivity index (χ2v) is 9.86. The Kier molecular flexibility index (Phi) is 6.81. The minimum Gasteiger partial charge on any atom is -0.298 e. The van der Waals surface area contributed by atoms with E-state index in [-0.39, 0.29) is 12.4 Å². The van der Waals surface area contributed by atoms with Crippen LogP contribution >= 0.6 is 12.4 Å². The third-order valence-electron chi connectivity index (χ3n) is 5.93. The highest BCUT2D eigenvalue weighted by atomic mass is 35.5. The molecule has 2 heterocycles. The summed E-state index contributed by atoms with van der Waals surface area (Å²) in [5.41, 5.74) is 3.91. The van der Waals surface area contributed by atoms with Gasteiger partial charge in [0.1, 0.15) is 0 Å². The normalized spacial score (nSPS) is 19.0. The molecule has 0 aromatic heterocycles. The van der Waals surface area contributed by atoms with Gasteiger partial charge < -0.3 is 0 Å². The average Bonchev–Trinajstić information content (AvgIpc) is 2.68. The van der Waals surface area contributed by atoms with Crippen LogP contribution in [-0.2, 0) is 23.0 Å². The summed E-state index contributed by atoms with van der Waals surface area (Å²) in [6.45, 7) is 6.40. The first-order chi connectivity index (χ1) is 13.0. The van der Waals surface area contributed by atoms with Gasteiger partial charge in [0.15, 0.2) is 0 Å². The molecule has 1 fully saturated rings. The Bertz CT molecular complexity index is 908. The highest BCUT2D eigenvalue weighted by molar-refractivity contribution is 7.89. The van der Waals surface area contributed by atoms with Crippen molar-refractivity contribution in [1.82, 2.24) is 9.21 Å². The van der Waals surface area contributed by atoms with E-state index in [9.17, 15) is 8.42 Å². The maximum Gasteiger partial charge on any atom is 0.243 e. The summed E-state index contributed by atoms with van der Waals surface area (Å²) < 4.78 is 27.4. The molecule has 0 aliphatic carbocycles. The van der Waals surface area contributed by atoms with Crippen LogP contribution < -0.4 is 0 Å². The van der Waals surface area contributed by atoms with E-state index in [0.717, 1.165) is 44.5 Å². The highest BCUT2D eigenvalue weighted by Crippen LogP contribution is 2.26. The van der Waals surface area contributed by atoms with Gasteiger partial charge in [-0.3, -0.25) is 4.90 Å². The summed E-state index contributed by atoms with van der Waals surface area (Å²) in [7, 11) is -3.36. The Labute approximate surface area is 175 Å². The second-order valence-electron chi connectivity index (χ2n) is 7.92. The topological polar surface area (TPSA) is 40.6 Å². The summed E-state index contributed by atoms with van der Waals surface area (Å²) in [5.74, 6) is 0.583. The molecule has 4 rings (SSSR count). The maximum atomic E-state index is 12.9. The number of halogens is 1. The maximum absolute atomic E-state index is 12.9. The Morgan fingerprint density at radius 2 is 1.68 bits per heavy atom. The number of aryl methyl sites for hydroxylation is 1. The Balaban J connectivity index is 0.00000225. The van der Waals surface area contributed by atoms with Gasteiger partial charge in [-0.15, -0.1) is 12.4 Å². The lowest BCUT2D eigenvalue weighted by molar-refractivity contribution is 0.171. The molecule has 2 aromatic rings. The van der Waals surface area contributed by atoms with E-state index in [1.807, 2.05) is 19.1 Å². The number of nitrogens with zero attached hydrogens (tertiary/aromatic N) is 2. The van der Waals surface area contributed by atoms with Crippen molar-refractivity contribution < 1.29 is 8.42 Å². The van der Waals surface area contributed by atoms with Gasteiger partial charge in [0.25, 0.3) is 0 Å². The Morgan fingerprint density at radius 3 is 2.39 bits per heavy atom. The number of rotatable bonds is 4. The molecule has 0 amide bonds. The molecule has 0 saturated carbocycles. The van der Waals surface area contributed by atoms with E-state index in [1.165, 1.54) is 11.1 Å². The Hall–Kier alpha value is -1.40. The molecule has 0 bridgehead atoms. The van der Waals surface area contributed by atoms with E-state index < -0.39 is 10.0 Å². The molecule has 2 aliphatic rings. The largest absolute Gasteiger partial charge is 0.298 e. The van der Waals surface area contributed by atoms with Crippen molar-refractivity contribution in [3.05, 3.63) is 65.2 Å². The first-order valence-corrected chi connectivity index (χ1v) is 11.3. The lowest BCUT2D eigenvalue weighted by Crippen LogP contribution is -2.42. The van der Waals surface area contributed by atoms with Crippen molar-refractivity contribution >= 4 is 22.4 Å². The first-order valence-electron chi connectivity index (χ1n) is 9.88. The molecule has 2 aliphatic heterocycles. The van der Waals surface area contributed by atoms with Gasteiger partial charge in [-0.25, -0.2) is 8.42 Å². The van der Waals surface area contributed by atoms with Crippen LogP contribution in [0.25, 0.3) is 0 Å². The van der Waals surface area contributed by atoms with Crippen LogP contribution in [0, 0.1) is 12.8 Å².